The second kappa shape index (κ2) is 7.50. The third-order valence-corrected chi connectivity index (χ3v) is 3.04. The molecule has 1 heterocycles. The monoisotopic (exact) mass is 287 g/mol. The van der Waals surface area contributed by atoms with E-state index in [0.717, 1.165) is 6.42 Å². The molecule has 0 aliphatic heterocycles. The quantitative estimate of drug-likeness (QED) is 0.806. The van der Waals surface area contributed by atoms with Gasteiger partial charge in [0.2, 0.25) is 0 Å². The maximum Gasteiger partial charge on any atom is 0.287 e. The molecule has 0 amide bonds. The molecule has 0 radical (unpaired) electrons. The molecule has 1 aromatic rings. The summed E-state index contributed by atoms with van der Waals surface area (Å²) < 4.78 is 1.36. The van der Waals surface area contributed by atoms with Crippen molar-refractivity contribution in [3.63, 3.8) is 0 Å². The van der Waals surface area contributed by atoms with Crippen LogP contribution in [0.1, 0.15) is 33.6 Å². The molecule has 0 saturated carbocycles. The molecule has 19 heavy (non-hydrogen) atoms. The molecule has 0 fully saturated rings. The number of aliphatic hydroxyl groups excluding tert-OH is 1. The number of aromatic nitrogens is 2. The molecule has 1 rings (SSSR count). The predicted molar refractivity (Wildman–Crippen MR) is 77.7 cm³/mol. The second-order valence-electron chi connectivity index (χ2n) is 5.08. The second-order valence-corrected chi connectivity index (χ2v) is 5.45. The predicted octanol–water partition coefficient (Wildman–Crippen LogP) is 2.13. The van der Waals surface area contributed by atoms with Crippen molar-refractivity contribution in [2.24, 2.45) is 5.92 Å². The minimum Gasteiger partial charge on any atom is -0.391 e. The zero-order chi connectivity index (χ0) is 14.4. The van der Waals surface area contributed by atoms with Gasteiger partial charge < -0.3 is 10.4 Å². The summed E-state index contributed by atoms with van der Waals surface area (Å²) in [5.41, 5.74) is 0.173. The summed E-state index contributed by atoms with van der Waals surface area (Å²) in [7, 11) is 0. The number of halogens is 1. The van der Waals surface area contributed by atoms with Crippen molar-refractivity contribution in [2.75, 3.05) is 11.9 Å². The van der Waals surface area contributed by atoms with E-state index in [1.54, 1.807) is 0 Å². The summed E-state index contributed by atoms with van der Waals surface area (Å²) in [6, 6.07) is 0. The lowest BCUT2D eigenvalue weighted by Crippen LogP contribution is -2.27. The first-order valence-electron chi connectivity index (χ1n) is 6.63. The Bertz CT molecular complexity index is 460. The number of hydrogen-bond acceptors (Lipinski definition) is 4. The van der Waals surface area contributed by atoms with Crippen molar-refractivity contribution in [3.05, 3.63) is 21.6 Å². The van der Waals surface area contributed by atoms with E-state index in [9.17, 15) is 9.90 Å². The Morgan fingerprint density at radius 2 is 2.21 bits per heavy atom. The standard InChI is InChI=1S/C13H22ClN3O2/c1-4-5-10(18)6-15-11-7-16-17(8-9(2)3)13(19)12(11)14/h7,9-10,15,18H,4-6,8H2,1-3H3. The van der Waals surface area contributed by atoms with E-state index in [2.05, 4.69) is 10.4 Å². The maximum absolute atomic E-state index is 12.0. The van der Waals surface area contributed by atoms with Crippen LogP contribution in [0.3, 0.4) is 0 Å². The molecule has 0 bridgehead atoms. The fraction of sp³-hybridized carbons (Fsp3) is 0.692. The van der Waals surface area contributed by atoms with Crippen molar-refractivity contribution >= 4 is 17.3 Å². The molecule has 1 aromatic heterocycles. The van der Waals surface area contributed by atoms with Gasteiger partial charge in [0.1, 0.15) is 5.02 Å². The fourth-order valence-corrected chi connectivity index (χ4v) is 1.94. The summed E-state index contributed by atoms with van der Waals surface area (Å²) >= 11 is 6.02. The van der Waals surface area contributed by atoms with Crippen LogP contribution in [0.4, 0.5) is 5.69 Å². The van der Waals surface area contributed by atoms with Gasteiger partial charge in [-0.3, -0.25) is 4.79 Å². The molecule has 5 nitrogen and oxygen atoms in total. The van der Waals surface area contributed by atoms with Crippen molar-refractivity contribution in [3.8, 4) is 0 Å². The van der Waals surface area contributed by atoms with E-state index in [-0.39, 0.29) is 10.6 Å². The third-order valence-electron chi connectivity index (χ3n) is 2.67. The number of hydrogen-bond donors (Lipinski definition) is 2. The van der Waals surface area contributed by atoms with Crippen molar-refractivity contribution < 1.29 is 5.11 Å². The molecular formula is C13H22ClN3O2. The van der Waals surface area contributed by atoms with Gasteiger partial charge in [0.25, 0.3) is 5.56 Å². The van der Waals surface area contributed by atoms with Crippen LogP contribution in [0.15, 0.2) is 11.0 Å². The van der Waals surface area contributed by atoms with Gasteiger partial charge in [0.15, 0.2) is 0 Å². The summed E-state index contributed by atoms with van der Waals surface area (Å²) in [6.45, 7) is 6.93. The third kappa shape index (κ3) is 4.84. The normalized spacial score (nSPS) is 12.7. The van der Waals surface area contributed by atoms with Crippen LogP contribution < -0.4 is 10.9 Å². The number of aliphatic hydroxyl groups is 1. The number of nitrogens with zero attached hydrogens (tertiary/aromatic N) is 2. The molecule has 6 heteroatoms. The minimum atomic E-state index is -0.445. The van der Waals surface area contributed by atoms with Crippen molar-refractivity contribution in [1.82, 2.24) is 9.78 Å². The lowest BCUT2D eigenvalue weighted by atomic mass is 10.2. The lowest BCUT2D eigenvalue weighted by molar-refractivity contribution is 0.176. The average Bonchev–Trinajstić information content (AvgIpc) is 2.34. The van der Waals surface area contributed by atoms with E-state index in [1.165, 1.54) is 10.9 Å². The molecule has 0 aliphatic rings. The molecule has 0 aromatic carbocycles. The molecule has 1 atom stereocenters. The smallest absolute Gasteiger partial charge is 0.287 e. The maximum atomic E-state index is 12.0. The Morgan fingerprint density at radius 3 is 2.79 bits per heavy atom. The molecule has 2 N–H and O–H groups in total. The molecule has 0 saturated heterocycles. The molecule has 1 unspecified atom stereocenters. The van der Waals surface area contributed by atoms with Gasteiger partial charge in [-0.2, -0.15) is 5.10 Å². The lowest BCUT2D eigenvalue weighted by Gasteiger charge is -2.14. The first-order valence-corrected chi connectivity index (χ1v) is 7.01. The van der Waals surface area contributed by atoms with Crippen molar-refractivity contribution in [2.45, 2.75) is 46.3 Å². The van der Waals surface area contributed by atoms with Crippen LogP contribution in [-0.2, 0) is 6.54 Å². The van der Waals surface area contributed by atoms with E-state index < -0.39 is 6.10 Å². The van der Waals surface area contributed by atoms with E-state index in [4.69, 9.17) is 11.6 Å². The van der Waals surface area contributed by atoms with Crippen LogP contribution in [-0.4, -0.2) is 27.5 Å². The Balaban J connectivity index is 2.76. The Morgan fingerprint density at radius 1 is 1.53 bits per heavy atom. The first kappa shape index (κ1) is 16.0. The van der Waals surface area contributed by atoms with E-state index in [0.29, 0.717) is 31.1 Å². The minimum absolute atomic E-state index is 0.124. The highest BCUT2D eigenvalue weighted by molar-refractivity contribution is 6.32. The van der Waals surface area contributed by atoms with Gasteiger partial charge in [-0.1, -0.05) is 38.8 Å². The molecular weight excluding hydrogens is 266 g/mol. The van der Waals surface area contributed by atoms with Gasteiger partial charge in [-0.25, -0.2) is 4.68 Å². The zero-order valence-electron chi connectivity index (χ0n) is 11.7. The summed E-state index contributed by atoms with van der Waals surface area (Å²) in [4.78, 5) is 12.0. The highest BCUT2D eigenvalue weighted by Gasteiger charge is 2.11. The Hall–Kier alpha value is -1.07. The highest BCUT2D eigenvalue weighted by atomic mass is 35.5. The molecule has 108 valence electrons. The largest absolute Gasteiger partial charge is 0.391 e. The molecule has 0 aliphatic carbocycles. The first-order chi connectivity index (χ1) is 8.95. The number of nitrogens with one attached hydrogen (secondary N) is 1. The van der Waals surface area contributed by atoms with E-state index >= 15 is 0 Å². The number of anilines is 1. The van der Waals surface area contributed by atoms with Crippen LogP contribution in [0.2, 0.25) is 5.02 Å². The van der Waals surface area contributed by atoms with Gasteiger partial charge in [0.05, 0.1) is 18.0 Å². The summed E-state index contributed by atoms with van der Waals surface area (Å²) in [6.07, 6.45) is 2.71. The SMILES string of the molecule is CCCC(O)CNc1cnn(CC(C)C)c(=O)c1Cl. The van der Waals surface area contributed by atoms with Gasteiger partial charge >= 0.3 is 0 Å². The van der Waals surface area contributed by atoms with Gasteiger partial charge in [-0.15, -0.1) is 0 Å². The fourth-order valence-electron chi connectivity index (χ4n) is 1.73. The van der Waals surface area contributed by atoms with Crippen LogP contribution >= 0.6 is 11.6 Å². The Labute approximate surface area is 118 Å². The molecule has 0 spiro atoms. The van der Waals surface area contributed by atoms with Gasteiger partial charge in [0, 0.05) is 13.1 Å². The van der Waals surface area contributed by atoms with Crippen LogP contribution in [0.25, 0.3) is 0 Å². The topological polar surface area (TPSA) is 67.2 Å². The Kier molecular flexibility index (Phi) is 6.31. The summed E-state index contributed by atoms with van der Waals surface area (Å²) in [5.74, 6) is 0.325. The highest BCUT2D eigenvalue weighted by Crippen LogP contribution is 2.15. The van der Waals surface area contributed by atoms with Crippen LogP contribution in [0.5, 0.6) is 0 Å². The average molecular weight is 288 g/mol. The van der Waals surface area contributed by atoms with Gasteiger partial charge in [-0.05, 0) is 12.3 Å². The van der Waals surface area contributed by atoms with E-state index in [1.807, 2.05) is 20.8 Å². The van der Waals surface area contributed by atoms with Crippen molar-refractivity contribution in [1.29, 1.82) is 0 Å². The summed E-state index contributed by atoms with van der Waals surface area (Å²) in [5, 5.41) is 16.8. The van der Waals surface area contributed by atoms with Crippen LogP contribution in [0, 0.1) is 5.92 Å². The number of rotatable bonds is 7. The zero-order valence-corrected chi connectivity index (χ0v) is 12.4.